The van der Waals surface area contributed by atoms with E-state index in [0.29, 0.717) is 25.3 Å². The summed E-state index contributed by atoms with van der Waals surface area (Å²) in [4.78, 5) is 30.5. The lowest BCUT2D eigenvalue weighted by Crippen LogP contribution is -2.52. The standard InChI is InChI=1S/C18H27N3O2/c1-13(2)12-21-14(3)16(6-7-17(21)22)18(23)20-10-8-15-5-4-9-19-11-15/h4-5,9,11,13-14,16H,6-8,10,12H2,1-3H3,(H,20,23)/t14-,16-/m1/s1. The zero-order valence-corrected chi connectivity index (χ0v) is 14.3. The molecule has 0 saturated carbocycles. The van der Waals surface area contributed by atoms with Crippen LogP contribution in [0.2, 0.25) is 0 Å². The zero-order chi connectivity index (χ0) is 16.8. The molecule has 1 N–H and O–H groups in total. The highest BCUT2D eigenvalue weighted by Gasteiger charge is 2.36. The van der Waals surface area contributed by atoms with E-state index in [1.807, 2.05) is 30.2 Å². The molecule has 0 aliphatic carbocycles. The van der Waals surface area contributed by atoms with Crippen LogP contribution in [-0.4, -0.2) is 40.8 Å². The summed E-state index contributed by atoms with van der Waals surface area (Å²) in [6, 6.07) is 3.87. The van der Waals surface area contributed by atoms with Crippen molar-refractivity contribution in [3.63, 3.8) is 0 Å². The van der Waals surface area contributed by atoms with Crippen molar-refractivity contribution >= 4 is 11.8 Å². The van der Waals surface area contributed by atoms with Gasteiger partial charge in [-0.1, -0.05) is 19.9 Å². The minimum atomic E-state index is -0.111. The Labute approximate surface area is 138 Å². The first-order valence-electron chi connectivity index (χ1n) is 8.45. The van der Waals surface area contributed by atoms with Gasteiger partial charge in [-0.2, -0.15) is 0 Å². The molecule has 2 rings (SSSR count). The molecule has 1 saturated heterocycles. The molecule has 5 heteroatoms. The predicted molar refractivity (Wildman–Crippen MR) is 89.7 cm³/mol. The molecule has 0 aromatic carbocycles. The van der Waals surface area contributed by atoms with Crippen LogP contribution in [0.4, 0.5) is 0 Å². The van der Waals surface area contributed by atoms with Crippen LogP contribution in [0.5, 0.6) is 0 Å². The molecule has 0 bridgehead atoms. The van der Waals surface area contributed by atoms with E-state index in [1.165, 1.54) is 0 Å². The SMILES string of the molecule is CC(C)CN1C(=O)CC[C@@H](C(=O)NCCc2cccnc2)[C@H]1C. The van der Waals surface area contributed by atoms with Crippen molar-refractivity contribution in [1.82, 2.24) is 15.2 Å². The van der Waals surface area contributed by atoms with E-state index in [9.17, 15) is 9.59 Å². The minimum Gasteiger partial charge on any atom is -0.355 e. The quantitative estimate of drug-likeness (QED) is 0.873. The normalized spacial score (nSPS) is 21.6. The average Bonchev–Trinajstić information content (AvgIpc) is 2.52. The molecule has 0 radical (unpaired) electrons. The van der Waals surface area contributed by atoms with Crippen molar-refractivity contribution in [2.24, 2.45) is 11.8 Å². The molecule has 0 spiro atoms. The summed E-state index contributed by atoms with van der Waals surface area (Å²) >= 11 is 0. The molecule has 1 aliphatic rings. The highest BCUT2D eigenvalue weighted by molar-refractivity contribution is 5.84. The van der Waals surface area contributed by atoms with Gasteiger partial charge in [0, 0.05) is 37.9 Å². The van der Waals surface area contributed by atoms with Crippen molar-refractivity contribution in [3.8, 4) is 0 Å². The van der Waals surface area contributed by atoms with Crippen molar-refractivity contribution in [3.05, 3.63) is 30.1 Å². The molecule has 2 atom stereocenters. The highest BCUT2D eigenvalue weighted by Crippen LogP contribution is 2.25. The maximum atomic E-state index is 12.5. The van der Waals surface area contributed by atoms with E-state index in [-0.39, 0.29) is 23.8 Å². The molecular formula is C18H27N3O2. The monoisotopic (exact) mass is 317 g/mol. The zero-order valence-electron chi connectivity index (χ0n) is 14.3. The Balaban J connectivity index is 1.87. The first-order valence-corrected chi connectivity index (χ1v) is 8.45. The largest absolute Gasteiger partial charge is 0.355 e. The molecule has 1 fully saturated rings. The second kappa shape index (κ2) is 8.09. The van der Waals surface area contributed by atoms with Crippen molar-refractivity contribution in [2.45, 2.75) is 46.1 Å². The average molecular weight is 317 g/mol. The number of amides is 2. The third kappa shape index (κ3) is 4.78. The summed E-state index contributed by atoms with van der Waals surface area (Å²) in [5, 5.41) is 3.02. The van der Waals surface area contributed by atoms with Crippen molar-refractivity contribution in [1.29, 1.82) is 0 Å². The first-order chi connectivity index (χ1) is 11.0. The predicted octanol–water partition coefficient (Wildman–Crippen LogP) is 2.02. The van der Waals surface area contributed by atoms with Crippen LogP contribution in [0.15, 0.2) is 24.5 Å². The lowest BCUT2D eigenvalue weighted by atomic mass is 9.88. The number of carbonyl (C=O) groups excluding carboxylic acids is 2. The van der Waals surface area contributed by atoms with Gasteiger partial charge in [0.2, 0.25) is 11.8 Å². The summed E-state index contributed by atoms with van der Waals surface area (Å²) in [5.74, 6) is 0.530. The molecular weight excluding hydrogens is 290 g/mol. The van der Waals surface area contributed by atoms with Crippen LogP contribution in [0.3, 0.4) is 0 Å². The molecule has 1 aromatic heterocycles. The third-order valence-corrected chi connectivity index (χ3v) is 4.40. The summed E-state index contributed by atoms with van der Waals surface area (Å²) in [5.41, 5.74) is 1.11. The van der Waals surface area contributed by atoms with E-state index >= 15 is 0 Å². The Hall–Kier alpha value is -1.91. The number of nitrogens with zero attached hydrogens (tertiary/aromatic N) is 2. The number of hydrogen-bond donors (Lipinski definition) is 1. The topological polar surface area (TPSA) is 62.3 Å². The third-order valence-electron chi connectivity index (χ3n) is 4.40. The fourth-order valence-corrected chi connectivity index (χ4v) is 3.13. The van der Waals surface area contributed by atoms with Crippen molar-refractivity contribution < 1.29 is 9.59 Å². The Morgan fingerprint density at radius 3 is 2.91 bits per heavy atom. The molecule has 1 aliphatic heterocycles. The number of aromatic nitrogens is 1. The first kappa shape index (κ1) is 17.4. The maximum Gasteiger partial charge on any atom is 0.225 e. The van der Waals surface area contributed by atoms with Crippen LogP contribution in [0, 0.1) is 11.8 Å². The van der Waals surface area contributed by atoms with E-state index in [4.69, 9.17) is 0 Å². The van der Waals surface area contributed by atoms with Gasteiger partial charge < -0.3 is 10.2 Å². The number of hydrogen-bond acceptors (Lipinski definition) is 3. The number of likely N-dealkylation sites (tertiary alicyclic amines) is 1. The van der Waals surface area contributed by atoms with Crippen molar-refractivity contribution in [2.75, 3.05) is 13.1 Å². The van der Waals surface area contributed by atoms with Gasteiger partial charge in [-0.05, 0) is 37.3 Å². The number of nitrogens with one attached hydrogen (secondary N) is 1. The lowest BCUT2D eigenvalue weighted by Gasteiger charge is -2.39. The van der Waals surface area contributed by atoms with Gasteiger partial charge >= 0.3 is 0 Å². The smallest absolute Gasteiger partial charge is 0.225 e. The van der Waals surface area contributed by atoms with Crippen LogP contribution < -0.4 is 5.32 Å². The van der Waals surface area contributed by atoms with Gasteiger partial charge in [-0.3, -0.25) is 14.6 Å². The van der Waals surface area contributed by atoms with Gasteiger partial charge in [0.1, 0.15) is 0 Å². The van der Waals surface area contributed by atoms with Crippen LogP contribution in [0.25, 0.3) is 0 Å². The Kier molecular flexibility index (Phi) is 6.13. The molecule has 126 valence electrons. The van der Waals surface area contributed by atoms with Gasteiger partial charge in [0.15, 0.2) is 0 Å². The minimum absolute atomic E-state index is 0.0305. The maximum absolute atomic E-state index is 12.5. The molecule has 5 nitrogen and oxygen atoms in total. The Bertz CT molecular complexity index is 530. The van der Waals surface area contributed by atoms with Gasteiger partial charge in [-0.25, -0.2) is 0 Å². The summed E-state index contributed by atoms with van der Waals surface area (Å²) in [6.07, 6.45) is 5.45. The molecule has 2 amide bonds. The summed E-state index contributed by atoms with van der Waals surface area (Å²) in [6.45, 7) is 7.51. The molecule has 1 aromatic rings. The molecule has 2 heterocycles. The number of pyridine rings is 1. The van der Waals surface area contributed by atoms with Crippen LogP contribution in [-0.2, 0) is 16.0 Å². The van der Waals surface area contributed by atoms with Gasteiger partial charge in [-0.15, -0.1) is 0 Å². The van der Waals surface area contributed by atoms with Crippen LogP contribution >= 0.6 is 0 Å². The molecule has 23 heavy (non-hydrogen) atoms. The highest BCUT2D eigenvalue weighted by atomic mass is 16.2. The fraction of sp³-hybridized carbons (Fsp3) is 0.611. The number of rotatable bonds is 6. The number of carbonyl (C=O) groups is 2. The van der Waals surface area contributed by atoms with Crippen LogP contribution in [0.1, 0.15) is 39.2 Å². The van der Waals surface area contributed by atoms with E-state index in [1.54, 1.807) is 6.20 Å². The van der Waals surface area contributed by atoms with E-state index < -0.39 is 0 Å². The Morgan fingerprint density at radius 2 is 2.26 bits per heavy atom. The summed E-state index contributed by atoms with van der Waals surface area (Å²) in [7, 11) is 0. The Morgan fingerprint density at radius 1 is 1.48 bits per heavy atom. The van der Waals surface area contributed by atoms with Gasteiger partial charge in [0.05, 0.1) is 5.92 Å². The second-order valence-corrected chi connectivity index (χ2v) is 6.73. The summed E-state index contributed by atoms with van der Waals surface area (Å²) < 4.78 is 0. The molecule has 0 unspecified atom stereocenters. The fourth-order valence-electron chi connectivity index (χ4n) is 3.13. The lowest BCUT2D eigenvalue weighted by molar-refractivity contribution is -0.142. The van der Waals surface area contributed by atoms with E-state index in [2.05, 4.69) is 24.1 Å². The number of piperidine rings is 1. The van der Waals surface area contributed by atoms with E-state index in [0.717, 1.165) is 18.5 Å². The second-order valence-electron chi connectivity index (χ2n) is 6.73. The van der Waals surface area contributed by atoms with Gasteiger partial charge in [0.25, 0.3) is 0 Å².